The van der Waals surface area contributed by atoms with E-state index in [0.717, 1.165) is 25.3 Å². The Morgan fingerprint density at radius 2 is 2.46 bits per heavy atom. The van der Waals surface area contributed by atoms with E-state index in [2.05, 4.69) is 15.3 Å². The zero-order valence-electron chi connectivity index (χ0n) is 7.73. The molecule has 0 amide bonds. The number of aliphatic hydroxyl groups excluding tert-OH is 1. The first kappa shape index (κ1) is 9.12. The lowest BCUT2D eigenvalue weighted by Gasteiger charge is -2.37. The standard InChI is InChI=1S/C9H14N2OS/c1-7-6-13-9(10-7)4-11-2-8(3-11)5-12/h6,8,12H,2-5H2,1H3. The Balaban J connectivity index is 1.81. The molecule has 3 nitrogen and oxygen atoms in total. The van der Waals surface area contributed by atoms with E-state index in [1.165, 1.54) is 5.01 Å². The van der Waals surface area contributed by atoms with Crippen LogP contribution in [0.25, 0.3) is 0 Å². The maximum Gasteiger partial charge on any atom is 0.107 e. The second kappa shape index (κ2) is 3.74. The largest absolute Gasteiger partial charge is 0.396 e. The molecule has 1 aromatic rings. The summed E-state index contributed by atoms with van der Waals surface area (Å²) in [5, 5.41) is 12.1. The van der Waals surface area contributed by atoms with Crippen molar-refractivity contribution in [2.24, 2.45) is 5.92 Å². The molecular formula is C9H14N2OS. The molecule has 2 rings (SSSR count). The molecule has 0 bridgehead atoms. The van der Waals surface area contributed by atoms with Gasteiger partial charge in [-0.1, -0.05) is 0 Å². The fourth-order valence-corrected chi connectivity index (χ4v) is 2.40. The van der Waals surface area contributed by atoms with E-state index in [4.69, 9.17) is 5.11 Å². The molecule has 1 fully saturated rings. The molecule has 1 aliphatic rings. The molecule has 1 N–H and O–H groups in total. The Morgan fingerprint density at radius 3 is 3.00 bits per heavy atom. The number of likely N-dealkylation sites (tertiary alicyclic amines) is 1. The Bertz CT molecular complexity index is 281. The highest BCUT2D eigenvalue weighted by Gasteiger charge is 2.26. The minimum Gasteiger partial charge on any atom is -0.396 e. The van der Waals surface area contributed by atoms with E-state index >= 15 is 0 Å². The van der Waals surface area contributed by atoms with Gasteiger partial charge in [-0.2, -0.15) is 0 Å². The van der Waals surface area contributed by atoms with Crippen LogP contribution in [-0.4, -0.2) is 34.7 Å². The summed E-state index contributed by atoms with van der Waals surface area (Å²) in [6.45, 7) is 5.35. The molecule has 13 heavy (non-hydrogen) atoms. The molecule has 2 heterocycles. The minimum absolute atomic E-state index is 0.327. The van der Waals surface area contributed by atoms with Gasteiger partial charge in [-0.15, -0.1) is 11.3 Å². The van der Waals surface area contributed by atoms with Crippen LogP contribution in [-0.2, 0) is 6.54 Å². The minimum atomic E-state index is 0.327. The normalized spacial score (nSPS) is 18.9. The summed E-state index contributed by atoms with van der Waals surface area (Å²) >= 11 is 1.72. The number of hydrogen-bond acceptors (Lipinski definition) is 4. The Hall–Kier alpha value is -0.450. The number of aliphatic hydroxyl groups is 1. The number of rotatable bonds is 3. The van der Waals surface area contributed by atoms with Gasteiger partial charge in [-0.3, -0.25) is 4.90 Å². The van der Waals surface area contributed by atoms with E-state index in [9.17, 15) is 0 Å². The zero-order valence-corrected chi connectivity index (χ0v) is 8.55. The third-order valence-corrected chi connectivity index (χ3v) is 3.27. The molecule has 0 unspecified atom stereocenters. The number of hydrogen-bond donors (Lipinski definition) is 1. The van der Waals surface area contributed by atoms with Crippen LogP contribution in [0.4, 0.5) is 0 Å². The number of aryl methyl sites for hydroxylation is 1. The van der Waals surface area contributed by atoms with Gasteiger partial charge >= 0.3 is 0 Å². The summed E-state index contributed by atoms with van der Waals surface area (Å²) in [6.07, 6.45) is 0. The molecule has 1 saturated heterocycles. The zero-order chi connectivity index (χ0) is 9.26. The maximum absolute atomic E-state index is 8.83. The van der Waals surface area contributed by atoms with Crippen LogP contribution < -0.4 is 0 Å². The van der Waals surface area contributed by atoms with Gasteiger partial charge in [0.25, 0.3) is 0 Å². The van der Waals surface area contributed by atoms with Crippen molar-refractivity contribution in [1.82, 2.24) is 9.88 Å². The average Bonchev–Trinajstić information content (AvgIpc) is 2.43. The van der Waals surface area contributed by atoms with Gasteiger partial charge in [0.15, 0.2) is 0 Å². The monoisotopic (exact) mass is 198 g/mol. The van der Waals surface area contributed by atoms with E-state index in [1.807, 2.05) is 6.92 Å². The first-order valence-electron chi connectivity index (χ1n) is 4.52. The van der Waals surface area contributed by atoms with Crippen molar-refractivity contribution >= 4 is 11.3 Å². The van der Waals surface area contributed by atoms with Gasteiger partial charge in [0.1, 0.15) is 5.01 Å². The predicted molar refractivity (Wildman–Crippen MR) is 52.7 cm³/mol. The van der Waals surface area contributed by atoms with Gasteiger partial charge in [0, 0.05) is 36.7 Å². The highest BCUT2D eigenvalue weighted by Crippen LogP contribution is 2.19. The van der Waals surface area contributed by atoms with E-state index in [1.54, 1.807) is 11.3 Å². The van der Waals surface area contributed by atoms with Crippen molar-refractivity contribution in [3.8, 4) is 0 Å². The Kier molecular flexibility index (Phi) is 2.62. The van der Waals surface area contributed by atoms with Crippen molar-refractivity contribution in [1.29, 1.82) is 0 Å². The molecule has 0 atom stereocenters. The lowest BCUT2D eigenvalue weighted by Crippen LogP contribution is -2.47. The number of aromatic nitrogens is 1. The molecule has 0 radical (unpaired) electrons. The third-order valence-electron chi connectivity index (χ3n) is 2.32. The van der Waals surface area contributed by atoms with E-state index in [0.29, 0.717) is 12.5 Å². The van der Waals surface area contributed by atoms with Crippen LogP contribution in [0.2, 0.25) is 0 Å². The summed E-state index contributed by atoms with van der Waals surface area (Å²) in [5.41, 5.74) is 1.11. The van der Waals surface area contributed by atoms with Gasteiger partial charge in [-0.05, 0) is 6.92 Å². The van der Waals surface area contributed by atoms with Gasteiger partial charge in [0.2, 0.25) is 0 Å². The quantitative estimate of drug-likeness (QED) is 0.783. The molecule has 0 aliphatic carbocycles. The lowest BCUT2D eigenvalue weighted by atomic mass is 10.0. The fraction of sp³-hybridized carbons (Fsp3) is 0.667. The highest BCUT2D eigenvalue weighted by molar-refractivity contribution is 7.09. The van der Waals surface area contributed by atoms with Crippen LogP contribution in [0.5, 0.6) is 0 Å². The Labute approximate surface area is 82.0 Å². The molecule has 1 aromatic heterocycles. The van der Waals surface area contributed by atoms with Crippen LogP contribution >= 0.6 is 11.3 Å². The maximum atomic E-state index is 8.83. The number of thiazole rings is 1. The van der Waals surface area contributed by atoms with Crippen LogP contribution in [0.15, 0.2) is 5.38 Å². The lowest BCUT2D eigenvalue weighted by molar-refractivity contribution is 0.0478. The van der Waals surface area contributed by atoms with Gasteiger partial charge in [0.05, 0.1) is 6.54 Å². The van der Waals surface area contributed by atoms with Crippen molar-refractivity contribution in [2.45, 2.75) is 13.5 Å². The average molecular weight is 198 g/mol. The molecular weight excluding hydrogens is 184 g/mol. The second-order valence-corrected chi connectivity index (χ2v) is 4.57. The van der Waals surface area contributed by atoms with E-state index in [-0.39, 0.29) is 0 Å². The summed E-state index contributed by atoms with van der Waals surface area (Å²) in [4.78, 5) is 6.72. The first-order valence-corrected chi connectivity index (χ1v) is 5.40. The molecule has 72 valence electrons. The molecule has 0 spiro atoms. The predicted octanol–water partition coefficient (Wildman–Crippen LogP) is 0.876. The summed E-state index contributed by atoms with van der Waals surface area (Å²) in [6, 6.07) is 0. The van der Waals surface area contributed by atoms with Crippen molar-refractivity contribution < 1.29 is 5.11 Å². The molecule has 0 saturated carbocycles. The van der Waals surface area contributed by atoms with Crippen LogP contribution in [0, 0.1) is 12.8 Å². The summed E-state index contributed by atoms with van der Waals surface area (Å²) in [7, 11) is 0. The smallest absolute Gasteiger partial charge is 0.107 e. The fourth-order valence-electron chi connectivity index (χ4n) is 1.59. The topological polar surface area (TPSA) is 36.4 Å². The Morgan fingerprint density at radius 1 is 1.69 bits per heavy atom. The SMILES string of the molecule is Cc1csc(CN2CC(CO)C2)n1. The second-order valence-electron chi connectivity index (χ2n) is 3.63. The van der Waals surface area contributed by atoms with Crippen molar-refractivity contribution in [2.75, 3.05) is 19.7 Å². The number of nitrogens with zero attached hydrogens (tertiary/aromatic N) is 2. The summed E-state index contributed by atoms with van der Waals surface area (Å²) < 4.78 is 0. The first-order chi connectivity index (χ1) is 6.28. The third kappa shape index (κ3) is 2.07. The van der Waals surface area contributed by atoms with E-state index < -0.39 is 0 Å². The van der Waals surface area contributed by atoms with Crippen molar-refractivity contribution in [3.05, 3.63) is 16.1 Å². The van der Waals surface area contributed by atoms with Crippen molar-refractivity contribution in [3.63, 3.8) is 0 Å². The highest BCUT2D eigenvalue weighted by atomic mass is 32.1. The van der Waals surface area contributed by atoms with Gasteiger partial charge < -0.3 is 5.11 Å². The summed E-state index contributed by atoms with van der Waals surface area (Å²) in [5.74, 6) is 0.501. The van der Waals surface area contributed by atoms with Crippen LogP contribution in [0.1, 0.15) is 10.7 Å². The molecule has 4 heteroatoms. The van der Waals surface area contributed by atoms with Crippen LogP contribution in [0.3, 0.4) is 0 Å². The van der Waals surface area contributed by atoms with Gasteiger partial charge in [-0.25, -0.2) is 4.98 Å². The molecule has 0 aromatic carbocycles. The molecule has 1 aliphatic heterocycles.